The highest BCUT2D eigenvalue weighted by molar-refractivity contribution is 4.72. The smallest absolute Gasteiger partial charge is 0.0649 e. The van der Waals surface area contributed by atoms with Crippen LogP contribution in [0.15, 0.2) is 0 Å². The number of hydrogen-bond acceptors (Lipinski definition) is 2. The number of aliphatic hydroxyl groups is 1. The molecule has 0 aromatic carbocycles. The Morgan fingerprint density at radius 2 is 1.60 bits per heavy atom. The molecule has 0 aliphatic heterocycles. The van der Waals surface area contributed by atoms with E-state index in [2.05, 4.69) is 27.7 Å². The number of unbranched alkanes of at least 4 members (excludes halogenated alkanes) is 1. The number of hydrogen-bond donors (Lipinski definition) is 1. The molecule has 0 fully saturated rings. The van der Waals surface area contributed by atoms with Crippen LogP contribution in [0.1, 0.15) is 60.8 Å². The molecule has 0 aliphatic carbocycles. The predicted octanol–water partition coefficient (Wildman–Crippen LogP) is 3.38. The summed E-state index contributed by atoms with van der Waals surface area (Å²) < 4.78 is 5.82. The maximum absolute atomic E-state index is 9.52. The fraction of sp³-hybridized carbons (Fsp3) is 1.00. The van der Waals surface area contributed by atoms with Gasteiger partial charge in [-0.3, -0.25) is 0 Å². The number of rotatable bonds is 7. The standard InChI is InChI=1S/C13H28O2/c1-11(2)13(5,6)15-10-8-7-9-12(3,4)14/h11,14H,7-10H2,1-6H3. The molecule has 0 aliphatic rings. The van der Waals surface area contributed by atoms with E-state index in [1.807, 2.05) is 13.8 Å². The summed E-state index contributed by atoms with van der Waals surface area (Å²) in [6.45, 7) is 13.1. The molecule has 0 saturated heterocycles. The lowest BCUT2D eigenvalue weighted by atomic mass is 9.94. The van der Waals surface area contributed by atoms with E-state index in [0.29, 0.717) is 5.92 Å². The zero-order valence-electron chi connectivity index (χ0n) is 11.3. The van der Waals surface area contributed by atoms with Crippen LogP contribution in [0.3, 0.4) is 0 Å². The largest absolute Gasteiger partial charge is 0.390 e. The molecule has 0 atom stereocenters. The average molecular weight is 216 g/mol. The van der Waals surface area contributed by atoms with Gasteiger partial charge in [0.2, 0.25) is 0 Å². The zero-order chi connectivity index (χ0) is 12.1. The van der Waals surface area contributed by atoms with Crippen molar-refractivity contribution in [1.82, 2.24) is 0 Å². The third-order valence-corrected chi connectivity index (χ3v) is 3.05. The van der Waals surface area contributed by atoms with Gasteiger partial charge in [-0.1, -0.05) is 13.8 Å². The Morgan fingerprint density at radius 1 is 1.07 bits per heavy atom. The second-order valence-corrected chi connectivity index (χ2v) is 5.88. The van der Waals surface area contributed by atoms with Crippen molar-refractivity contribution in [2.24, 2.45) is 5.92 Å². The van der Waals surface area contributed by atoms with E-state index in [0.717, 1.165) is 25.9 Å². The van der Waals surface area contributed by atoms with E-state index in [4.69, 9.17) is 4.74 Å². The van der Waals surface area contributed by atoms with Crippen LogP contribution in [0.5, 0.6) is 0 Å². The van der Waals surface area contributed by atoms with Crippen molar-refractivity contribution in [3.63, 3.8) is 0 Å². The highest BCUT2D eigenvalue weighted by Crippen LogP contribution is 2.21. The molecule has 2 heteroatoms. The van der Waals surface area contributed by atoms with Crippen LogP contribution >= 0.6 is 0 Å². The molecule has 0 amide bonds. The summed E-state index contributed by atoms with van der Waals surface area (Å²) in [5.41, 5.74) is -0.567. The molecule has 0 saturated carbocycles. The third-order valence-electron chi connectivity index (χ3n) is 3.05. The normalized spacial score (nSPS) is 13.6. The minimum atomic E-state index is -0.534. The van der Waals surface area contributed by atoms with Gasteiger partial charge in [-0.15, -0.1) is 0 Å². The van der Waals surface area contributed by atoms with Gasteiger partial charge in [0.05, 0.1) is 11.2 Å². The van der Waals surface area contributed by atoms with Crippen LogP contribution in [-0.2, 0) is 4.74 Å². The quantitative estimate of drug-likeness (QED) is 0.661. The van der Waals surface area contributed by atoms with Crippen LogP contribution in [-0.4, -0.2) is 22.9 Å². The summed E-state index contributed by atoms with van der Waals surface area (Å²) in [5.74, 6) is 0.534. The molecule has 0 unspecified atom stereocenters. The van der Waals surface area contributed by atoms with Gasteiger partial charge in [0.15, 0.2) is 0 Å². The Bertz CT molecular complexity index is 166. The molecular formula is C13H28O2. The number of ether oxygens (including phenoxy) is 1. The van der Waals surface area contributed by atoms with E-state index in [1.54, 1.807) is 0 Å². The van der Waals surface area contributed by atoms with Crippen molar-refractivity contribution in [1.29, 1.82) is 0 Å². The van der Waals surface area contributed by atoms with Gasteiger partial charge in [0.1, 0.15) is 0 Å². The lowest BCUT2D eigenvalue weighted by molar-refractivity contribution is -0.0527. The Labute approximate surface area is 95.0 Å². The minimum absolute atomic E-state index is 0.0330. The summed E-state index contributed by atoms with van der Waals surface area (Å²) in [6, 6.07) is 0. The van der Waals surface area contributed by atoms with E-state index in [9.17, 15) is 5.11 Å². The first-order valence-electron chi connectivity index (χ1n) is 6.01. The van der Waals surface area contributed by atoms with E-state index in [-0.39, 0.29) is 5.60 Å². The highest BCUT2D eigenvalue weighted by Gasteiger charge is 2.22. The van der Waals surface area contributed by atoms with Crippen LogP contribution in [0, 0.1) is 5.92 Å². The SMILES string of the molecule is CC(C)C(C)(C)OCCCCC(C)(C)O. The second-order valence-electron chi connectivity index (χ2n) is 5.88. The second kappa shape index (κ2) is 5.86. The van der Waals surface area contributed by atoms with Gasteiger partial charge in [0, 0.05) is 6.61 Å². The van der Waals surface area contributed by atoms with Crippen LogP contribution in [0.25, 0.3) is 0 Å². The molecule has 0 heterocycles. The molecule has 0 aromatic heterocycles. The Hall–Kier alpha value is -0.0800. The maximum atomic E-state index is 9.52. The monoisotopic (exact) mass is 216 g/mol. The van der Waals surface area contributed by atoms with Crippen LogP contribution in [0.4, 0.5) is 0 Å². The molecule has 15 heavy (non-hydrogen) atoms. The molecular weight excluding hydrogens is 188 g/mol. The first kappa shape index (κ1) is 14.9. The third kappa shape index (κ3) is 7.80. The molecule has 0 aromatic rings. The predicted molar refractivity (Wildman–Crippen MR) is 65.0 cm³/mol. The lowest BCUT2D eigenvalue weighted by Gasteiger charge is -2.29. The summed E-state index contributed by atoms with van der Waals surface area (Å²) in [7, 11) is 0. The summed E-state index contributed by atoms with van der Waals surface area (Å²) in [5, 5.41) is 9.52. The highest BCUT2D eigenvalue weighted by atomic mass is 16.5. The fourth-order valence-electron chi connectivity index (χ4n) is 1.16. The van der Waals surface area contributed by atoms with Gasteiger partial charge in [-0.2, -0.15) is 0 Å². The van der Waals surface area contributed by atoms with Gasteiger partial charge >= 0.3 is 0 Å². The van der Waals surface area contributed by atoms with Crippen molar-refractivity contribution in [3.8, 4) is 0 Å². The maximum Gasteiger partial charge on any atom is 0.0649 e. The van der Waals surface area contributed by atoms with Gasteiger partial charge in [-0.05, 0) is 52.9 Å². The Morgan fingerprint density at radius 3 is 2.00 bits per heavy atom. The first-order valence-corrected chi connectivity index (χ1v) is 6.01. The first-order chi connectivity index (χ1) is 6.65. The lowest BCUT2D eigenvalue weighted by Crippen LogP contribution is -2.31. The Balaban J connectivity index is 3.55. The molecule has 0 spiro atoms. The molecule has 2 nitrogen and oxygen atoms in total. The average Bonchev–Trinajstić information content (AvgIpc) is 2.00. The van der Waals surface area contributed by atoms with Crippen molar-refractivity contribution >= 4 is 0 Å². The molecule has 1 N–H and O–H groups in total. The van der Waals surface area contributed by atoms with E-state index in [1.165, 1.54) is 0 Å². The summed E-state index contributed by atoms with van der Waals surface area (Å²) >= 11 is 0. The molecule has 0 rings (SSSR count). The zero-order valence-corrected chi connectivity index (χ0v) is 11.3. The van der Waals surface area contributed by atoms with Crippen molar-refractivity contribution in [3.05, 3.63) is 0 Å². The topological polar surface area (TPSA) is 29.5 Å². The molecule has 92 valence electrons. The minimum Gasteiger partial charge on any atom is -0.390 e. The van der Waals surface area contributed by atoms with Gasteiger partial charge in [0.25, 0.3) is 0 Å². The summed E-state index contributed by atoms with van der Waals surface area (Å²) in [6.07, 6.45) is 2.90. The molecule has 0 bridgehead atoms. The van der Waals surface area contributed by atoms with Gasteiger partial charge in [-0.25, -0.2) is 0 Å². The summed E-state index contributed by atoms with van der Waals surface area (Å²) in [4.78, 5) is 0. The molecule has 0 radical (unpaired) electrons. The Kier molecular flexibility index (Phi) is 5.82. The van der Waals surface area contributed by atoms with Crippen molar-refractivity contribution in [2.75, 3.05) is 6.61 Å². The van der Waals surface area contributed by atoms with E-state index >= 15 is 0 Å². The van der Waals surface area contributed by atoms with Crippen molar-refractivity contribution < 1.29 is 9.84 Å². The van der Waals surface area contributed by atoms with Gasteiger partial charge < -0.3 is 9.84 Å². The van der Waals surface area contributed by atoms with Crippen LogP contribution < -0.4 is 0 Å². The van der Waals surface area contributed by atoms with Crippen LogP contribution in [0.2, 0.25) is 0 Å². The fourth-order valence-corrected chi connectivity index (χ4v) is 1.16. The van der Waals surface area contributed by atoms with Crippen molar-refractivity contribution in [2.45, 2.75) is 72.0 Å². The van der Waals surface area contributed by atoms with E-state index < -0.39 is 5.60 Å².